The third-order valence-electron chi connectivity index (χ3n) is 24.4. The lowest BCUT2D eigenvalue weighted by Gasteiger charge is -2.22. The van der Waals surface area contributed by atoms with Crippen LogP contribution in [-0.2, 0) is 15.9 Å². The molecule has 0 saturated carbocycles. The van der Waals surface area contributed by atoms with Crippen molar-refractivity contribution in [3.05, 3.63) is 416 Å². The van der Waals surface area contributed by atoms with Gasteiger partial charge in [0.2, 0.25) is 5.36 Å². The Morgan fingerprint density at radius 2 is 0.851 bits per heavy atom. The minimum atomic E-state index is -0.995. The lowest BCUT2D eigenvalue weighted by molar-refractivity contribution is -0.496. The fourth-order valence-electron chi connectivity index (χ4n) is 18.1. The van der Waals surface area contributed by atoms with Gasteiger partial charge in [-0.3, -0.25) is 0 Å². The Labute approximate surface area is 838 Å². The van der Waals surface area contributed by atoms with Crippen molar-refractivity contribution in [1.29, 1.82) is 10.8 Å². The van der Waals surface area contributed by atoms with Crippen LogP contribution in [0.15, 0.2) is 353 Å². The van der Waals surface area contributed by atoms with E-state index >= 15 is 0 Å². The molecule has 0 amide bonds. The highest BCUT2D eigenvalue weighted by Crippen LogP contribution is 2.48. The Kier molecular flexibility index (Phi) is 32.8. The third kappa shape index (κ3) is 21.1. The number of nitrogen functional groups attached to an aromatic ring is 2. The highest BCUT2D eigenvalue weighted by atomic mass is 35.5. The highest BCUT2D eigenvalue weighted by Gasteiger charge is 2.29. The number of benzene rings is 18. The van der Waals surface area contributed by atoms with E-state index in [9.17, 15) is 29.4 Å². The lowest BCUT2D eigenvalue weighted by atomic mass is 9.89. The zero-order valence-electron chi connectivity index (χ0n) is 78.4. The van der Waals surface area contributed by atoms with Gasteiger partial charge in [0.05, 0.1) is 52.8 Å². The van der Waals surface area contributed by atoms with Gasteiger partial charge in [-0.2, -0.15) is 0 Å². The Morgan fingerprint density at radius 1 is 0.404 bits per heavy atom. The van der Waals surface area contributed by atoms with Crippen molar-refractivity contribution in [2.75, 3.05) is 43.6 Å². The average Bonchev–Trinajstić information content (AvgIpc) is 0.723. The molecular formula is C119H99Cl4N6O12-3. The number of nitrogens with two attached hydrogens (primary N) is 2. The van der Waals surface area contributed by atoms with Crippen LogP contribution in [0.1, 0.15) is 104 Å². The van der Waals surface area contributed by atoms with E-state index in [1.165, 1.54) is 55.8 Å². The molecule has 0 atom stereocenters. The fourth-order valence-corrected chi connectivity index (χ4v) is 18.1. The summed E-state index contributed by atoms with van der Waals surface area (Å²) in [5.74, 6) is 0.705. The van der Waals surface area contributed by atoms with Gasteiger partial charge >= 0.3 is 23.9 Å². The van der Waals surface area contributed by atoms with Gasteiger partial charge in [0.25, 0.3) is 0 Å². The van der Waals surface area contributed by atoms with E-state index in [2.05, 4.69) is 148 Å². The second-order valence-corrected chi connectivity index (χ2v) is 33.0. The number of aryl methyl sites for hydroxylation is 3. The summed E-state index contributed by atoms with van der Waals surface area (Å²) in [5.41, 5.74) is 30.6. The molecule has 0 radical (unpaired) electrons. The number of nitrogens with one attached hydrogen (secondary N) is 4. The van der Waals surface area contributed by atoms with Gasteiger partial charge in [-0.25, -0.2) is 24.2 Å². The van der Waals surface area contributed by atoms with Gasteiger partial charge in [-0.15, -0.1) is 0 Å². The van der Waals surface area contributed by atoms with Gasteiger partial charge < -0.3 is 115 Å². The Balaban J connectivity index is 0.000000146. The van der Waals surface area contributed by atoms with Crippen LogP contribution < -0.4 is 103 Å². The van der Waals surface area contributed by atoms with Crippen molar-refractivity contribution in [1.82, 2.24) is 0 Å². The normalized spacial score (nSPS) is 11.3. The number of halogens is 4. The predicted molar refractivity (Wildman–Crippen MR) is 549 cm³/mol. The molecule has 22 rings (SSSR count). The summed E-state index contributed by atoms with van der Waals surface area (Å²) < 4.78 is 34.9. The van der Waals surface area contributed by atoms with Crippen LogP contribution in [0.5, 0.6) is 11.5 Å². The van der Waals surface area contributed by atoms with Crippen LogP contribution in [0.2, 0.25) is 0 Å². The number of carboxylic acids is 2. The highest BCUT2D eigenvalue weighted by molar-refractivity contribution is 6.33. The Bertz CT molecular complexity index is 8320. The largest absolute Gasteiger partial charge is 1.00 e. The quantitative estimate of drug-likeness (QED) is 0.0230. The van der Waals surface area contributed by atoms with Crippen molar-refractivity contribution in [2.45, 2.75) is 54.9 Å². The molecule has 0 bridgehead atoms. The van der Waals surface area contributed by atoms with Gasteiger partial charge in [0.1, 0.15) is 52.1 Å². The number of anilines is 3. The molecule has 141 heavy (non-hydrogen) atoms. The molecule has 0 fully saturated rings. The first kappa shape index (κ1) is 102. The molecule has 10 N–H and O–H groups in total. The van der Waals surface area contributed by atoms with Crippen molar-refractivity contribution in [3.63, 3.8) is 0 Å². The third-order valence-corrected chi connectivity index (χ3v) is 24.4. The second kappa shape index (κ2) is 45.3. The number of carboxylic acid groups (broad SMARTS) is 2. The summed E-state index contributed by atoms with van der Waals surface area (Å²) >= 11 is 0. The minimum Gasteiger partial charge on any atom is -1.00 e. The maximum atomic E-state index is 12.9. The smallest absolute Gasteiger partial charge is 0.338 e. The van der Waals surface area contributed by atoms with Crippen molar-refractivity contribution in [2.24, 2.45) is 0 Å². The number of ether oxygens (including phenoxy) is 3. The molecule has 4 aliphatic heterocycles. The van der Waals surface area contributed by atoms with E-state index in [1.54, 1.807) is 103 Å². The van der Waals surface area contributed by atoms with Crippen LogP contribution in [0, 0.1) is 24.7 Å². The maximum absolute atomic E-state index is 12.9. The summed E-state index contributed by atoms with van der Waals surface area (Å²) in [5, 5.41) is 55.6. The van der Waals surface area contributed by atoms with E-state index < -0.39 is 17.9 Å². The van der Waals surface area contributed by atoms with E-state index in [0.717, 1.165) is 147 Å². The molecule has 22 heteroatoms. The lowest BCUT2D eigenvalue weighted by Crippen LogP contribution is -3.00. The fraction of sp³-hybridized carbons (Fsp3) is 0.101. The summed E-state index contributed by atoms with van der Waals surface area (Å²) in [7, 11) is 1.36. The number of carbonyl (C=O) groups is 4. The average molecular weight is 1950 g/mol. The zero-order chi connectivity index (χ0) is 95.7. The summed E-state index contributed by atoms with van der Waals surface area (Å²) in [4.78, 5) is 52.1. The number of hydrogen-bond donors (Lipinski definition) is 8. The standard InChI is InChI=1S/C28H30N2O3.C24H20O3.C21H16N2O3.C20H14N2O3.C20H12.C6H6.4ClH/c1-6-29-23-15-25-21(13-17(23)4)27(19-11-9-10-12-20(19)28(31)32-8-3)22-14-18(5)24(30-7-2)16-26(22)33-25;1-3-15-9-11-19-21(13-15)27-22-14-16(4-2)10-12-20(22)23(19)17-7-5-6-8-18(17)24(25)26;1-25-21(24)15-5-3-2-4-14(15)20-16-8-6-12(22)10-18(16)26-19-11-13(23)7-9-17(19)20;21-11-5-7-15-17(9-11)25-18-10-12(22)6-8-16(18)19(15)13-3-1-2-4-14(13)20(23)24;1-5-13-6-2-11-17-18-12-4-8-14-7-3-10-16(20(14)18)15(9-1)19(13)17;1-2-4-6-5-3-1;;;;/h9-16,29H,6-8H2,1-5H3;3,5-14H,4H2,1-2H3,(H,25,26);2-11,22H,23H2,1H3;1-10,21H,22H2,(H,23,24);1-12H;1-6H;4*1H/p-3/b;15-3+;;;;;;;;. The number of carbonyl (C=O) groups excluding carboxylic acids is 2. The van der Waals surface area contributed by atoms with E-state index in [4.69, 9.17) is 49.7 Å². The molecule has 15 aromatic rings. The number of methoxy groups -OCH3 is 1. The summed E-state index contributed by atoms with van der Waals surface area (Å²) in [6, 6.07) is 109. The topological polar surface area (TPSA) is 302 Å². The molecule has 708 valence electrons. The van der Waals surface area contributed by atoms with Gasteiger partial charge in [-0.1, -0.05) is 213 Å². The summed E-state index contributed by atoms with van der Waals surface area (Å²) in [6.45, 7) is 16.2. The van der Waals surface area contributed by atoms with E-state index in [-0.39, 0.29) is 66.7 Å². The Hall–Kier alpha value is -16.4. The van der Waals surface area contributed by atoms with Gasteiger partial charge in [0, 0.05) is 125 Å². The number of esters is 2. The number of rotatable bonds is 13. The van der Waals surface area contributed by atoms with Gasteiger partial charge in [0.15, 0.2) is 0 Å². The number of aromatic carboxylic acids is 2. The minimum absolute atomic E-state index is 0. The predicted octanol–water partition coefficient (Wildman–Crippen LogP) is 12.0. The first-order chi connectivity index (χ1) is 66.6. The molecule has 18 nitrogen and oxygen atoms in total. The van der Waals surface area contributed by atoms with Crippen LogP contribution >= 0.6 is 0 Å². The zero-order valence-corrected chi connectivity index (χ0v) is 81.4. The van der Waals surface area contributed by atoms with Crippen molar-refractivity contribution < 1.29 is 111 Å². The van der Waals surface area contributed by atoms with E-state index in [1.807, 2.05) is 153 Å². The maximum Gasteiger partial charge on any atom is 0.338 e. The molecule has 3 aliphatic carbocycles. The molecule has 0 spiro atoms. The first-order valence-electron chi connectivity index (χ1n) is 45.4. The monoisotopic (exact) mass is 1940 g/mol. The molecule has 4 heterocycles. The Morgan fingerprint density at radius 3 is 1.32 bits per heavy atom. The van der Waals surface area contributed by atoms with Crippen LogP contribution in [0.25, 0.3) is 155 Å². The molecule has 0 saturated heterocycles. The molecule has 0 unspecified atom stereocenters. The molecule has 7 aliphatic rings. The van der Waals surface area contributed by atoms with Crippen molar-refractivity contribution in [3.8, 4) is 78.9 Å². The van der Waals surface area contributed by atoms with Crippen LogP contribution in [-0.4, -0.2) is 60.9 Å². The molecule has 15 aromatic carbocycles. The summed E-state index contributed by atoms with van der Waals surface area (Å²) in [6.07, 6.45) is 2.93. The molecular weight excluding hydrogens is 1850 g/mol. The first-order valence-corrected chi connectivity index (χ1v) is 45.4. The second-order valence-electron chi connectivity index (χ2n) is 33.0. The van der Waals surface area contributed by atoms with E-state index in [0.29, 0.717) is 73.6 Å². The number of fused-ring (bicyclic) bond motifs is 10. The SMILES string of the molecule is C/C=c1\ccc2c(c1)Oc1cc(CC)ccc1C=2c1ccccc1C(=O)O.CCNc1cc2oc3cc(=[NH+]CC)c(C)cc-3c(-c3ccccc3C(=O)OCC)c2cc1C.COC(=O)c1ccccc1-c1c2ccc(=N)cc-2oc2cc(N)ccc12.N=c1ccc2c(-c3ccccc3C(=O)O)c3ccc(N)cc3oc-2c1.[Cl-].[Cl-].[Cl-].[Cl-].c1cc2cccc3c4cccc5cccc(c(c1)c23)c54.c1ccccc1. The molecule has 0 aromatic heterocycles. The van der Waals surface area contributed by atoms with Crippen LogP contribution in [0.4, 0.5) is 17.1 Å². The number of hydrogen-bond acceptors (Lipinski definition) is 15. The van der Waals surface area contributed by atoms with Crippen molar-refractivity contribution >= 4 is 129 Å². The van der Waals surface area contributed by atoms with Crippen LogP contribution in [0.3, 0.4) is 0 Å². The van der Waals surface area contributed by atoms with Gasteiger partial charge in [-0.05, 0) is 233 Å².